The number of nitrogens with one attached hydrogen (secondary N) is 1. The van der Waals surface area contributed by atoms with Crippen molar-refractivity contribution in [1.82, 2.24) is 14.9 Å². The van der Waals surface area contributed by atoms with E-state index < -0.39 is 0 Å². The molecule has 1 aromatic rings. The predicted octanol–water partition coefficient (Wildman–Crippen LogP) is 2.51. The van der Waals surface area contributed by atoms with Gasteiger partial charge in [-0.25, -0.2) is 4.98 Å². The Labute approximate surface area is 92.9 Å². The van der Waals surface area contributed by atoms with Crippen LogP contribution < -0.4 is 5.32 Å². The van der Waals surface area contributed by atoms with Crippen molar-refractivity contribution in [3.8, 4) is 0 Å². The van der Waals surface area contributed by atoms with E-state index in [1.807, 2.05) is 19.6 Å². The quantitative estimate of drug-likeness (QED) is 0.780. The van der Waals surface area contributed by atoms with Crippen LogP contribution in [-0.4, -0.2) is 16.6 Å². The normalized spacial score (nSPS) is 13.4. The lowest BCUT2D eigenvalue weighted by Crippen LogP contribution is -2.19. The molecule has 1 N–H and O–H groups in total. The van der Waals surface area contributed by atoms with Crippen LogP contribution in [0.3, 0.4) is 0 Å². The summed E-state index contributed by atoms with van der Waals surface area (Å²) in [6.45, 7) is 4.55. The molecule has 0 amide bonds. The Bertz CT molecular complexity index is 278. The molecule has 3 nitrogen and oxygen atoms in total. The molecule has 1 unspecified atom stereocenters. The largest absolute Gasteiger partial charge is 0.336 e. The van der Waals surface area contributed by atoms with Crippen LogP contribution in [0.1, 0.15) is 44.8 Å². The third-order valence-corrected chi connectivity index (χ3v) is 2.83. The fourth-order valence-corrected chi connectivity index (χ4v) is 1.87. The van der Waals surface area contributed by atoms with Crippen LogP contribution in [-0.2, 0) is 7.05 Å². The zero-order chi connectivity index (χ0) is 11.3. The van der Waals surface area contributed by atoms with Gasteiger partial charge in [-0.3, -0.25) is 0 Å². The summed E-state index contributed by atoms with van der Waals surface area (Å²) in [6, 6.07) is 0.441. The maximum Gasteiger partial charge on any atom is 0.0946 e. The van der Waals surface area contributed by atoms with Gasteiger partial charge in [-0.1, -0.05) is 26.7 Å². The van der Waals surface area contributed by atoms with Crippen LogP contribution in [0.4, 0.5) is 0 Å². The average Bonchev–Trinajstić information content (AvgIpc) is 2.59. The van der Waals surface area contributed by atoms with Crippen LogP contribution >= 0.6 is 0 Å². The minimum Gasteiger partial charge on any atom is -0.336 e. The Morgan fingerprint density at radius 3 is 2.60 bits per heavy atom. The maximum absolute atomic E-state index is 4.16. The maximum atomic E-state index is 4.16. The van der Waals surface area contributed by atoms with Crippen LogP contribution in [0, 0.1) is 5.92 Å². The molecular weight excluding hydrogens is 186 g/mol. The smallest absolute Gasteiger partial charge is 0.0946 e. The van der Waals surface area contributed by atoms with Gasteiger partial charge in [-0.05, 0) is 19.4 Å². The van der Waals surface area contributed by atoms with E-state index in [-0.39, 0.29) is 0 Å². The highest BCUT2D eigenvalue weighted by Crippen LogP contribution is 2.19. The first-order valence-electron chi connectivity index (χ1n) is 5.78. The molecule has 0 saturated carbocycles. The highest BCUT2D eigenvalue weighted by Gasteiger charge is 2.12. The first-order valence-corrected chi connectivity index (χ1v) is 5.78. The standard InChI is InChI=1S/C12H23N3/c1-10(2)6-5-7-11(13-3)12-8-14-9-15(12)4/h8-11,13H,5-7H2,1-4H3. The Hall–Kier alpha value is -0.830. The van der Waals surface area contributed by atoms with Gasteiger partial charge < -0.3 is 9.88 Å². The van der Waals surface area contributed by atoms with E-state index >= 15 is 0 Å². The van der Waals surface area contributed by atoms with E-state index in [4.69, 9.17) is 0 Å². The van der Waals surface area contributed by atoms with E-state index in [9.17, 15) is 0 Å². The van der Waals surface area contributed by atoms with Crippen LogP contribution in [0.2, 0.25) is 0 Å². The molecule has 1 atom stereocenters. The number of rotatable bonds is 6. The lowest BCUT2D eigenvalue weighted by Gasteiger charge is -2.17. The van der Waals surface area contributed by atoms with Gasteiger partial charge in [0, 0.05) is 19.3 Å². The van der Waals surface area contributed by atoms with Crippen molar-refractivity contribution in [3.05, 3.63) is 18.2 Å². The highest BCUT2D eigenvalue weighted by molar-refractivity contribution is 5.04. The van der Waals surface area contributed by atoms with Crippen molar-refractivity contribution in [2.24, 2.45) is 13.0 Å². The van der Waals surface area contributed by atoms with Gasteiger partial charge in [0.2, 0.25) is 0 Å². The minimum absolute atomic E-state index is 0.441. The molecule has 0 radical (unpaired) electrons. The van der Waals surface area contributed by atoms with E-state index in [1.165, 1.54) is 25.0 Å². The second-order valence-electron chi connectivity index (χ2n) is 4.60. The molecular formula is C12H23N3. The number of imidazole rings is 1. The molecule has 1 heterocycles. The second-order valence-corrected chi connectivity index (χ2v) is 4.60. The first kappa shape index (κ1) is 12.2. The monoisotopic (exact) mass is 209 g/mol. The van der Waals surface area contributed by atoms with Gasteiger partial charge in [-0.2, -0.15) is 0 Å². The van der Waals surface area contributed by atoms with E-state index in [1.54, 1.807) is 0 Å². The average molecular weight is 209 g/mol. The van der Waals surface area contributed by atoms with E-state index in [0.29, 0.717) is 6.04 Å². The third kappa shape index (κ3) is 3.67. The fourth-order valence-electron chi connectivity index (χ4n) is 1.87. The molecule has 0 saturated heterocycles. The molecule has 1 rings (SSSR count). The van der Waals surface area contributed by atoms with Crippen molar-refractivity contribution in [1.29, 1.82) is 0 Å². The molecule has 0 fully saturated rings. The van der Waals surface area contributed by atoms with Gasteiger partial charge in [-0.15, -0.1) is 0 Å². The van der Waals surface area contributed by atoms with Crippen LogP contribution in [0.15, 0.2) is 12.5 Å². The number of nitrogens with zero attached hydrogens (tertiary/aromatic N) is 2. The second kappa shape index (κ2) is 5.91. The Kier molecular flexibility index (Phi) is 4.82. The molecule has 3 heteroatoms. The predicted molar refractivity (Wildman–Crippen MR) is 63.7 cm³/mol. The van der Waals surface area contributed by atoms with Crippen LogP contribution in [0.25, 0.3) is 0 Å². The molecule has 86 valence electrons. The zero-order valence-electron chi connectivity index (χ0n) is 10.3. The number of aromatic nitrogens is 2. The van der Waals surface area contributed by atoms with Gasteiger partial charge in [0.25, 0.3) is 0 Å². The molecule has 0 aliphatic heterocycles. The SMILES string of the molecule is CNC(CCCC(C)C)c1cncn1C. The Morgan fingerprint density at radius 1 is 1.40 bits per heavy atom. The summed E-state index contributed by atoms with van der Waals surface area (Å²) in [7, 11) is 4.07. The van der Waals surface area contributed by atoms with Crippen molar-refractivity contribution in [2.45, 2.75) is 39.2 Å². The minimum atomic E-state index is 0.441. The first-order chi connectivity index (χ1) is 7.15. The summed E-state index contributed by atoms with van der Waals surface area (Å²) in [5.41, 5.74) is 1.28. The Morgan fingerprint density at radius 2 is 2.13 bits per heavy atom. The summed E-state index contributed by atoms with van der Waals surface area (Å²) < 4.78 is 2.09. The molecule has 0 aromatic carbocycles. The summed E-state index contributed by atoms with van der Waals surface area (Å²) in [4.78, 5) is 4.16. The lowest BCUT2D eigenvalue weighted by atomic mass is 10.0. The van der Waals surface area contributed by atoms with Gasteiger partial charge in [0.05, 0.1) is 12.0 Å². The molecule has 0 aliphatic carbocycles. The number of hydrogen-bond donors (Lipinski definition) is 1. The highest BCUT2D eigenvalue weighted by atomic mass is 15.1. The zero-order valence-corrected chi connectivity index (χ0v) is 10.3. The molecule has 0 spiro atoms. The fraction of sp³-hybridized carbons (Fsp3) is 0.750. The van der Waals surface area contributed by atoms with Gasteiger partial charge >= 0.3 is 0 Å². The van der Waals surface area contributed by atoms with Crippen molar-refractivity contribution in [3.63, 3.8) is 0 Å². The topological polar surface area (TPSA) is 29.9 Å². The molecule has 15 heavy (non-hydrogen) atoms. The molecule has 0 aliphatic rings. The van der Waals surface area contributed by atoms with Crippen molar-refractivity contribution in [2.75, 3.05) is 7.05 Å². The molecule has 0 bridgehead atoms. The van der Waals surface area contributed by atoms with Gasteiger partial charge in [0.15, 0.2) is 0 Å². The summed E-state index contributed by atoms with van der Waals surface area (Å²) in [5, 5.41) is 3.36. The number of hydrogen-bond acceptors (Lipinski definition) is 2. The number of aryl methyl sites for hydroxylation is 1. The Balaban J connectivity index is 2.46. The van der Waals surface area contributed by atoms with Crippen molar-refractivity contribution < 1.29 is 0 Å². The third-order valence-electron chi connectivity index (χ3n) is 2.83. The molecule has 1 aromatic heterocycles. The van der Waals surface area contributed by atoms with Crippen molar-refractivity contribution >= 4 is 0 Å². The summed E-state index contributed by atoms with van der Waals surface area (Å²) >= 11 is 0. The summed E-state index contributed by atoms with van der Waals surface area (Å²) in [5.74, 6) is 0.800. The van der Waals surface area contributed by atoms with E-state index in [2.05, 4.69) is 35.8 Å². The van der Waals surface area contributed by atoms with Crippen LogP contribution in [0.5, 0.6) is 0 Å². The van der Waals surface area contributed by atoms with Gasteiger partial charge in [0.1, 0.15) is 0 Å². The lowest BCUT2D eigenvalue weighted by molar-refractivity contribution is 0.457. The summed E-state index contributed by atoms with van der Waals surface area (Å²) in [6.07, 6.45) is 7.58. The van der Waals surface area contributed by atoms with E-state index in [0.717, 1.165) is 5.92 Å².